The van der Waals surface area contributed by atoms with Crippen LogP contribution in [0.15, 0.2) is 48.5 Å². The Bertz CT molecular complexity index is 946. The molecular weight excluding hydrogens is 390 g/mol. The first kappa shape index (κ1) is 22.5. The minimum Gasteiger partial charge on any atom is -0.478 e. The molecule has 1 unspecified atom stereocenters. The fourth-order valence-corrected chi connectivity index (χ4v) is 2.90. The first-order valence-corrected chi connectivity index (χ1v) is 9.08. The van der Waals surface area contributed by atoms with Crippen molar-refractivity contribution in [3.8, 4) is 0 Å². The molecule has 1 aliphatic heterocycles. The zero-order valence-corrected chi connectivity index (χ0v) is 17.1. The summed E-state index contributed by atoms with van der Waals surface area (Å²) in [5, 5.41) is 21.5. The largest absolute Gasteiger partial charge is 0.478 e. The summed E-state index contributed by atoms with van der Waals surface area (Å²) in [5.74, 6) is -2.21. The lowest BCUT2D eigenvalue weighted by molar-refractivity contribution is -0.384. The van der Waals surface area contributed by atoms with E-state index in [1.54, 1.807) is 11.9 Å². The topological polar surface area (TPSA) is 130 Å². The van der Waals surface area contributed by atoms with E-state index in [4.69, 9.17) is 5.11 Å². The molecule has 3 rings (SSSR count). The molecule has 158 valence electrons. The third kappa shape index (κ3) is 5.19. The number of anilines is 1. The van der Waals surface area contributed by atoms with Gasteiger partial charge in [0.15, 0.2) is 0 Å². The van der Waals surface area contributed by atoms with E-state index >= 15 is 0 Å². The summed E-state index contributed by atoms with van der Waals surface area (Å²) in [7, 11) is 1.70. The first-order valence-electron chi connectivity index (χ1n) is 9.08. The van der Waals surface area contributed by atoms with Crippen LogP contribution in [0.1, 0.15) is 42.6 Å². The molecule has 30 heavy (non-hydrogen) atoms. The van der Waals surface area contributed by atoms with E-state index in [1.165, 1.54) is 12.1 Å². The van der Waals surface area contributed by atoms with Crippen molar-refractivity contribution in [2.45, 2.75) is 32.2 Å². The third-order valence-electron chi connectivity index (χ3n) is 4.27. The first-order chi connectivity index (χ1) is 13.9. The molecule has 0 aromatic heterocycles. The van der Waals surface area contributed by atoms with Gasteiger partial charge >= 0.3 is 5.97 Å². The predicted molar refractivity (Wildman–Crippen MR) is 111 cm³/mol. The molecular formula is C21H23N3O6. The Balaban J connectivity index is 0.000000232. The van der Waals surface area contributed by atoms with Crippen molar-refractivity contribution in [2.75, 3.05) is 11.9 Å². The van der Waals surface area contributed by atoms with Crippen molar-refractivity contribution >= 4 is 29.2 Å². The lowest BCUT2D eigenvalue weighted by Crippen LogP contribution is -2.45. The normalized spacial score (nSPS) is 15.0. The molecule has 9 nitrogen and oxygen atoms in total. The second-order valence-electron chi connectivity index (χ2n) is 7.74. The Morgan fingerprint density at radius 3 is 2.17 bits per heavy atom. The minimum atomic E-state index is -1.09. The van der Waals surface area contributed by atoms with E-state index in [-0.39, 0.29) is 28.6 Å². The summed E-state index contributed by atoms with van der Waals surface area (Å²) >= 11 is 0. The van der Waals surface area contributed by atoms with Crippen molar-refractivity contribution in [3.05, 3.63) is 69.8 Å². The van der Waals surface area contributed by atoms with Crippen LogP contribution in [-0.2, 0) is 9.59 Å². The number of hydrogen-bond acceptors (Lipinski definition) is 5. The lowest BCUT2D eigenvalue weighted by Gasteiger charge is -2.22. The predicted octanol–water partition coefficient (Wildman–Crippen LogP) is 2.95. The number of para-hydroxylation sites is 1. The number of likely N-dealkylation sites (N-methyl/N-ethyl adjacent to an activating group) is 1. The number of nitrogens with zero attached hydrogens (tertiary/aromatic N) is 2. The van der Waals surface area contributed by atoms with Crippen molar-refractivity contribution < 1.29 is 24.4 Å². The summed E-state index contributed by atoms with van der Waals surface area (Å²) < 4.78 is 0. The van der Waals surface area contributed by atoms with E-state index in [0.29, 0.717) is 0 Å². The average Bonchev–Trinajstić information content (AvgIpc) is 2.92. The second-order valence-corrected chi connectivity index (χ2v) is 7.74. The fourth-order valence-electron chi connectivity index (χ4n) is 2.90. The monoisotopic (exact) mass is 413 g/mol. The smallest absolute Gasteiger partial charge is 0.335 e. The maximum atomic E-state index is 12.2. The molecule has 2 amide bonds. The number of carbonyl (C=O) groups excluding carboxylic acids is 2. The zero-order valence-electron chi connectivity index (χ0n) is 17.1. The SMILES string of the molecule is CN1C(=O)C(C(=O)NC(C)(C)C)c2ccccc21.O=C(O)c1ccc([N+](=O)[O-])cc1. The molecule has 0 aliphatic carbocycles. The lowest BCUT2D eigenvalue weighted by atomic mass is 9.98. The number of nitro groups is 1. The van der Waals surface area contributed by atoms with Gasteiger partial charge in [0.25, 0.3) is 5.69 Å². The number of non-ortho nitro benzene ring substituents is 1. The van der Waals surface area contributed by atoms with Crippen LogP contribution in [0.3, 0.4) is 0 Å². The van der Waals surface area contributed by atoms with E-state index in [0.717, 1.165) is 23.4 Å². The number of hydrogen-bond donors (Lipinski definition) is 2. The standard InChI is InChI=1S/C14H18N2O2.C7H5NO4/c1-14(2,3)15-12(17)11-9-7-5-6-8-10(9)16(4)13(11)18;9-7(10)5-1-3-6(4-2-5)8(11)12/h5-8,11H,1-4H3,(H,15,17);1-4H,(H,9,10). The summed E-state index contributed by atoms with van der Waals surface area (Å²) in [6.07, 6.45) is 0. The van der Waals surface area contributed by atoms with Crippen LogP contribution in [0.5, 0.6) is 0 Å². The van der Waals surface area contributed by atoms with Crippen LogP contribution in [0.2, 0.25) is 0 Å². The number of amides is 2. The number of fused-ring (bicyclic) bond motifs is 1. The van der Waals surface area contributed by atoms with Gasteiger partial charge in [-0.3, -0.25) is 19.7 Å². The van der Waals surface area contributed by atoms with Gasteiger partial charge < -0.3 is 15.3 Å². The molecule has 0 saturated carbocycles. The Kier molecular flexibility index (Phi) is 6.56. The number of carboxylic acid groups (broad SMARTS) is 1. The molecule has 1 atom stereocenters. The van der Waals surface area contributed by atoms with Gasteiger partial charge in [-0.25, -0.2) is 4.79 Å². The molecule has 2 N–H and O–H groups in total. The molecule has 0 radical (unpaired) electrons. The van der Waals surface area contributed by atoms with Crippen LogP contribution < -0.4 is 10.2 Å². The summed E-state index contributed by atoms with van der Waals surface area (Å²) in [6.45, 7) is 5.71. The summed E-state index contributed by atoms with van der Waals surface area (Å²) in [5.41, 5.74) is 1.19. The van der Waals surface area contributed by atoms with Gasteiger partial charge in [-0.1, -0.05) is 18.2 Å². The van der Waals surface area contributed by atoms with E-state index in [2.05, 4.69) is 5.32 Å². The van der Waals surface area contributed by atoms with Crippen LogP contribution in [-0.4, -0.2) is 40.4 Å². The Labute approximate surface area is 173 Å². The van der Waals surface area contributed by atoms with Crippen molar-refractivity contribution in [1.82, 2.24) is 5.32 Å². The second kappa shape index (κ2) is 8.73. The van der Waals surface area contributed by atoms with Crippen LogP contribution in [0.4, 0.5) is 11.4 Å². The molecule has 9 heteroatoms. The fraction of sp³-hybridized carbons (Fsp3) is 0.286. The van der Waals surface area contributed by atoms with Crippen LogP contribution >= 0.6 is 0 Å². The highest BCUT2D eigenvalue weighted by Gasteiger charge is 2.40. The van der Waals surface area contributed by atoms with Crippen LogP contribution in [0, 0.1) is 10.1 Å². The van der Waals surface area contributed by atoms with Gasteiger partial charge in [0.1, 0.15) is 5.92 Å². The van der Waals surface area contributed by atoms with Crippen molar-refractivity contribution in [2.24, 2.45) is 0 Å². The number of aromatic carboxylic acids is 1. The summed E-state index contributed by atoms with van der Waals surface area (Å²) in [4.78, 5) is 45.8. The van der Waals surface area contributed by atoms with E-state index in [1.807, 2.05) is 45.0 Å². The molecule has 1 heterocycles. The highest BCUT2D eigenvalue weighted by atomic mass is 16.6. The number of carboxylic acids is 1. The number of nitrogens with one attached hydrogen (secondary N) is 1. The van der Waals surface area contributed by atoms with Gasteiger partial charge in [-0.15, -0.1) is 0 Å². The van der Waals surface area contributed by atoms with Crippen molar-refractivity contribution in [3.63, 3.8) is 0 Å². The Morgan fingerprint density at radius 1 is 1.10 bits per heavy atom. The number of benzene rings is 2. The number of rotatable bonds is 3. The maximum Gasteiger partial charge on any atom is 0.335 e. The molecule has 2 aromatic rings. The van der Waals surface area contributed by atoms with E-state index < -0.39 is 16.8 Å². The molecule has 0 saturated heterocycles. The Morgan fingerprint density at radius 2 is 1.67 bits per heavy atom. The van der Waals surface area contributed by atoms with Gasteiger partial charge in [0.2, 0.25) is 11.8 Å². The van der Waals surface area contributed by atoms with Gasteiger partial charge in [0.05, 0.1) is 10.5 Å². The highest BCUT2D eigenvalue weighted by Crippen LogP contribution is 2.36. The molecule has 1 aliphatic rings. The maximum absolute atomic E-state index is 12.2. The van der Waals surface area contributed by atoms with Gasteiger partial charge in [-0.2, -0.15) is 0 Å². The van der Waals surface area contributed by atoms with E-state index in [9.17, 15) is 24.5 Å². The average molecular weight is 413 g/mol. The highest BCUT2D eigenvalue weighted by molar-refractivity contribution is 6.17. The third-order valence-corrected chi connectivity index (χ3v) is 4.27. The number of nitro benzene ring substituents is 1. The number of carbonyl (C=O) groups is 3. The van der Waals surface area contributed by atoms with Gasteiger partial charge in [-0.05, 0) is 44.5 Å². The van der Waals surface area contributed by atoms with Crippen molar-refractivity contribution in [1.29, 1.82) is 0 Å². The Hall–Kier alpha value is -3.75. The zero-order chi connectivity index (χ0) is 22.6. The van der Waals surface area contributed by atoms with Crippen LogP contribution in [0.25, 0.3) is 0 Å². The molecule has 0 bridgehead atoms. The molecule has 0 fully saturated rings. The molecule has 2 aromatic carbocycles. The van der Waals surface area contributed by atoms with Gasteiger partial charge in [0, 0.05) is 30.4 Å². The minimum absolute atomic E-state index is 0.0422. The molecule has 0 spiro atoms. The quantitative estimate of drug-likeness (QED) is 0.452. The summed E-state index contributed by atoms with van der Waals surface area (Å²) in [6, 6.07) is 12.1.